The van der Waals surface area contributed by atoms with E-state index in [1.807, 2.05) is 31.2 Å². The van der Waals surface area contributed by atoms with Crippen LogP contribution in [-0.4, -0.2) is 19.1 Å². The molecule has 0 aliphatic carbocycles. The lowest BCUT2D eigenvalue weighted by Gasteiger charge is -2.06. The van der Waals surface area contributed by atoms with E-state index in [4.69, 9.17) is 4.74 Å². The Labute approximate surface area is 91.6 Å². The van der Waals surface area contributed by atoms with Crippen molar-refractivity contribution in [1.82, 2.24) is 0 Å². The summed E-state index contributed by atoms with van der Waals surface area (Å²) < 4.78 is 5.85. The van der Waals surface area contributed by atoms with Crippen molar-refractivity contribution in [3.05, 3.63) is 28.7 Å². The second-order valence-electron chi connectivity index (χ2n) is 2.67. The number of amides is 1. The van der Waals surface area contributed by atoms with Crippen molar-refractivity contribution < 1.29 is 9.53 Å². The van der Waals surface area contributed by atoms with E-state index in [1.54, 1.807) is 0 Å². The summed E-state index contributed by atoms with van der Waals surface area (Å²) in [7, 11) is 0. The molecule has 76 valence electrons. The normalized spacial score (nSPS) is 9.86. The highest BCUT2D eigenvalue weighted by molar-refractivity contribution is 9.10. The fourth-order valence-corrected chi connectivity index (χ4v) is 1.33. The van der Waals surface area contributed by atoms with Crippen LogP contribution in [0.2, 0.25) is 0 Å². The molecule has 14 heavy (non-hydrogen) atoms. The Bertz CT molecular complexity index is 315. The quantitative estimate of drug-likeness (QED) is 0.900. The predicted molar refractivity (Wildman–Crippen MR) is 59.3 cm³/mol. The number of nitrogens with one attached hydrogen (secondary N) is 1. The van der Waals surface area contributed by atoms with Gasteiger partial charge < -0.3 is 10.1 Å². The third kappa shape index (κ3) is 3.47. The number of hydrogen-bond donors (Lipinski definition) is 1. The van der Waals surface area contributed by atoms with Crippen LogP contribution in [-0.2, 0) is 9.53 Å². The first-order valence-corrected chi connectivity index (χ1v) is 5.15. The summed E-state index contributed by atoms with van der Waals surface area (Å²) >= 11 is 3.34. The van der Waals surface area contributed by atoms with Gasteiger partial charge in [0.1, 0.15) is 6.61 Å². The number of para-hydroxylation sites is 1. The minimum absolute atomic E-state index is 0.0951. The van der Waals surface area contributed by atoms with Gasteiger partial charge in [-0.3, -0.25) is 4.79 Å². The van der Waals surface area contributed by atoms with E-state index in [2.05, 4.69) is 21.2 Å². The minimum atomic E-state index is -0.140. The van der Waals surface area contributed by atoms with E-state index < -0.39 is 0 Å². The number of carbonyl (C=O) groups is 1. The number of carbonyl (C=O) groups excluding carboxylic acids is 1. The van der Waals surface area contributed by atoms with Gasteiger partial charge in [0.15, 0.2) is 0 Å². The zero-order chi connectivity index (χ0) is 10.4. The number of halogens is 1. The first kappa shape index (κ1) is 11.2. The number of rotatable bonds is 4. The number of ether oxygens (including phenoxy) is 1. The molecule has 0 saturated carbocycles. The first-order chi connectivity index (χ1) is 6.74. The summed E-state index contributed by atoms with van der Waals surface area (Å²) in [5, 5.41) is 2.73. The standard InChI is InChI=1S/C10H12BrNO2/c1-2-14-7-10(13)12-9-6-4-3-5-8(9)11/h3-6H,2,7H2,1H3,(H,12,13). The Morgan fingerprint density at radius 2 is 2.21 bits per heavy atom. The maximum Gasteiger partial charge on any atom is 0.250 e. The Balaban J connectivity index is 2.52. The van der Waals surface area contributed by atoms with Gasteiger partial charge in [-0.05, 0) is 35.0 Å². The molecule has 0 aliphatic rings. The van der Waals surface area contributed by atoms with Gasteiger partial charge in [0.05, 0.1) is 5.69 Å². The molecule has 0 heterocycles. The van der Waals surface area contributed by atoms with Crippen molar-refractivity contribution in [3.63, 3.8) is 0 Å². The lowest BCUT2D eigenvalue weighted by atomic mass is 10.3. The highest BCUT2D eigenvalue weighted by Gasteiger charge is 2.03. The van der Waals surface area contributed by atoms with Gasteiger partial charge in [0.2, 0.25) is 5.91 Å². The van der Waals surface area contributed by atoms with E-state index in [-0.39, 0.29) is 12.5 Å². The fraction of sp³-hybridized carbons (Fsp3) is 0.300. The molecule has 1 amide bonds. The van der Waals surface area contributed by atoms with Crippen LogP contribution in [0.3, 0.4) is 0 Å². The molecule has 4 heteroatoms. The van der Waals surface area contributed by atoms with E-state index in [0.717, 1.165) is 10.2 Å². The molecule has 1 aromatic carbocycles. The molecule has 0 fully saturated rings. The first-order valence-electron chi connectivity index (χ1n) is 4.36. The molecular weight excluding hydrogens is 246 g/mol. The van der Waals surface area contributed by atoms with Crippen LogP contribution < -0.4 is 5.32 Å². The third-order valence-corrected chi connectivity index (χ3v) is 2.28. The molecule has 1 N–H and O–H groups in total. The number of hydrogen-bond acceptors (Lipinski definition) is 2. The molecule has 0 unspecified atom stereocenters. The maximum absolute atomic E-state index is 11.3. The average Bonchev–Trinajstić information content (AvgIpc) is 2.18. The van der Waals surface area contributed by atoms with E-state index >= 15 is 0 Å². The summed E-state index contributed by atoms with van der Waals surface area (Å²) in [5.74, 6) is -0.140. The van der Waals surface area contributed by atoms with Gasteiger partial charge in [0, 0.05) is 11.1 Å². The molecule has 0 aromatic heterocycles. The van der Waals surface area contributed by atoms with Gasteiger partial charge in [-0.25, -0.2) is 0 Å². The van der Waals surface area contributed by atoms with Gasteiger partial charge in [0.25, 0.3) is 0 Å². The largest absolute Gasteiger partial charge is 0.372 e. The molecule has 0 saturated heterocycles. The summed E-state index contributed by atoms with van der Waals surface area (Å²) in [4.78, 5) is 11.3. The molecule has 3 nitrogen and oxygen atoms in total. The van der Waals surface area contributed by atoms with Gasteiger partial charge in [-0.1, -0.05) is 12.1 Å². The van der Waals surface area contributed by atoms with Crippen LogP contribution >= 0.6 is 15.9 Å². The van der Waals surface area contributed by atoms with E-state index in [1.165, 1.54) is 0 Å². The molecular formula is C10H12BrNO2. The smallest absolute Gasteiger partial charge is 0.250 e. The van der Waals surface area contributed by atoms with Crippen molar-refractivity contribution in [2.45, 2.75) is 6.92 Å². The monoisotopic (exact) mass is 257 g/mol. The Hall–Kier alpha value is -0.870. The highest BCUT2D eigenvalue weighted by atomic mass is 79.9. The fourth-order valence-electron chi connectivity index (χ4n) is 0.944. The Morgan fingerprint density at radius 1 is 1.50 bits per heavy atom. The summed E-state index contributed by atoms with van der Waals surface area (Å²) in [5.41, 5.74) is 0.761. The van der Waals surface area contributed by atoms with Crippen LogP contribution in [0.15, 0.2) is 28.7 Å². The van der Waals surface area contributed by atoms with E-state index in [9.17, 15) is 4.79 Å². The van der Waals surface area contributed by atoms with Gasteiger partial charge >= 0.3 is 0 Å². The maximum atomic E-state index is 11.3. The summed E-state index contributed by atoms with van der Waals surface area (Å²) in [6.45, 7) is 2.49. The van der Waals surface area contributed by atoms with Crippen molar-refractivity contribution >= 4 is 27.5 Å². The average molecular weight is 258 g/mol. The van der Waals surface area contributed by atoms with Crippen molar-refractivity contribution in [2.75, 3.05) is 18.5 Å². The molecule has 1 aromatic rings. The molecule has 1 rings (SSSR count). The molecule has 0 spiro atoms. The summed E-state index contributed by atoms with van der Waals surface area (Å²) in [6.07, 6.45) is 0. The Kier molecular flexibility index (Phi) is 4.62. The van der Waals surface area contributed by atoms with Crippen LogP contribution in [0.1, 0.15) is 6.92 Å². The lowest BCUT2D eigenvalue weighted by molar-refractivity contribution is -0.120. The van der Waals surface area contributed by atoms with Gasteiger partial charge in [-0.2, -0.15) is 0 Å². The van der Waals surface area contributed by atoms with E-state index in [0.29, 0.717) is 6.61 Å². The Morgan fingerprint density at radius 3 is 2.86 bits per heavy atom. The van der Waals surface area contributed by atoms with Crippen LogP contribution in [0.5, 0.6) is 0 Å². The molecule has 0 atom stereocenters. The number of benzene rings is 1. The minimum Gasteiger partial charge on any atom is -0.372 e. The second kappa shape index (κ2) is 5.78. The lowest BCUT2D eigenvalue weighted by Crippen LogP contribution is -2.18. The van der Waals surface area contributed by atoms with Crippen LogP contribution in [0.25, 0.3) is 0 Å². The molecule has 0 aliphatic heterocycles. The zero-order valence-electron chi connectivity index (χ0n) is 7.92. The molecule has 0 radical (unpaired) electrons. The summed E-state index contributed by atoms with van der Waals surface area (Å²) in [6, 6.07) is 7.45. The topological polar surface area (TPSA) is 38.3 Å². The number of anilines is 1. The zero-order valence-corrected chi connectivity index (χ0v) is 9.50. The predicted octanol–water partition coefficient (Wildman–Crippen LogP) is 2.42. The SMILES string of the molecule is CCOCC(=O)Nc1ccccc1Br. The highest BCUT2D eigenvalue weighted by Crippen LogP contribution is 2.20. The van der Waals surface area contributed by atoms with Crippen molar-refractivity contribution in [1.29, 1.82) is 0 Å². The van der Waals surface area contributed by atoms with Crippen LogP contribution in [0.4, 0.5) is 5.69 Å². The van der Waals surface area contributed by atoms with Crippen LogP contribution in [0, 0.1) is 0 Å². The van der Waals surface area contributed by atoms with Crippen molar-refractivity contribution in [3.8, 4) is 0 Å². The van der Waals surface area contributed by atoms with Crippen molar-refractivity contribution in [2.24, 2.45) is 0 Å². The third-order valence-electron chi connectivity index (χ3n) is 1.59. The molecule has 0 bridgehead atoms. The van der Waals surface area contributed by atoms with Gasteiger partial charge in [-0.15, -0.1) is 0 Å². The second-order valence-corrected chi connectivity index (χ2v) is 3.52.